The minimum atomic E-state index is -0.717. The average molecular weight is 271 g/mol. The van der Waals surface area contributed by atoms with Crippen molar-refractivity contribution >= 4 is 29.4 Å². The first kappa shape index (κ1) is 14.4. The third-order valence-electron chi connectivity index (χ3n) is 2.14. The van der Waals surface area contributed by atoms with E-state index in [2.05, 4.69) is 0 Å². The predicted molar refractivity (Wildman–Crippen MR) is 66.7 cm³/mol. The van der Waals surface area contributed by atoms with Crippen molar-refractivity contribution in [3.05, 3.63) is 40.2 Å². The second-order valence-corrected chi connectivity index (χ2v) is 3.91. The molecule has 0 saturated heterocycles. The van der Waals surface area contributed by atoms with Gasteiger partial charge in [-0.1, -0.05) is 17.7 Å². The Hall–Kier alpha value is -1.68. The first-order chi connectivity index (χ1) is 8.45. The fourth-order valence-electron chi connectivity index (χ4n) is 1.29. The summed E-state index contributed by atoms with van der Waals surface area (Å²) >= 11 is 5.81. The summed E-state index contributed by atoms with van der Waals surface area (Å²) in [5.74, 6) is -1.64. The Labute approximate surface area is 109 Å². The van der Waals surface area contributed by atoms with E-state index in [9.17, 15) is 14.0 Å². The molecule has 1 aromatic rings. The summed E-state index contributed by atoms with van der Waals surface area (Å²) < 4.78 is 17.6. The van der Waals surface area contributed by atoms with Gasteiger partial charge >= 0.3 is 5.97 Å². The fraction of sp³-hybridized carbons (Fsp3) is 0.231. The molecule has 1 rings (SSSR count). The Bertz CT molecular complexity index is 509. The first-order valence-electron chi connectivity index (χ1n) is 5.30. The van der Waals surface area contributed by atoms with Gasteiger partial charge in [0.05, 0.1) is 11.6 Å². The van der Waals surface area contributed by atoms with Gasteiger partial charge in [-0.05, 0) is 37.6 Å². The molecule has 3 nitrogen and oxygen atoms in total. The number of halogens is 2. The molecular weight excluding hydrogens is 259 g/mol. The summed E-state index contributed by atoms with van der Waals surface area (Å²) in [6.07, 6.45) is 1.29. The molecule has 0 aliphatic rings. The second-order valence-electron chi connectivity index (χ2n) is 3.50. The van der Waals surface area contributed by atoms with E-state index in [1.165, 1.54) is 25.1 Å². The maximum absolute atomic E-state index is 12.9. The number of rotatable bonds is 4. The van der Waals surface area contributed by atoms with Crippen molar-refractivity contribution in [3.8, 4) is 0 Å². The van der Waals surface area contributed by atoms with Crippen LogP contribution in [-0.4, -0.2) is 18.4 Å². The van der Waals surface area contributed by atoms with Crippen molar-refractivity contribution in [1.29, 1.82) is 0 Å². The molecule has 5 heteroatoms. The van der Waals surface area contributed by atoms with E-state index in [1.807, 2.05) is 0 Å². The molecule has 0 spiro atoms. The van der Waals surface area contributed by atoms with Gasteiger partial charge in [-0.2, -0.15) is 0 Å². The van der Waals surface area contributed by atoms with Crippen molar-refractivity contribution < 1.29 is 18.7 Å². The predicted octanol–water partition coefficient (Wildman–Crippen LogP) is 3.01. The molecule has 18 heavy (non-hydrogen) atoms. The zero-order valence-electron chi connectivity index (χ0n) is 10.00. The smallest absolute Gasteiger partial charge is 0.341 e. The molecule has 0 N–H and O–H groups in total. The quantitative estimate of drug-likeness (QED) is 0.366. The van der Waals surface area contributed by atoms with Crippen LogP contribution in [0.15, 0.2) is 23.8 Å². The molecule has 0 radical (unpaired) electrons. The van der Waals surface area contributed by atoms with E-state index in [0.29, 0.717) is 5.56 Å². The van der Waals surface area contributed by atoms with Crippen LogP contribution in [-0.2, 0) is 14.3 Å². The maximum atomic E-state index is 12.9. The summed E-state index contributed by atoms with van der Waals surface area (Å²) in [6.45, 7) is 3.06. The van der Waals surface area contributed by atoms with Gasteiger partial charge < -0.3 is 4.74 Å². The zero-order valence-corrected chi connectivity index (χ0v) is 10.8. The van der Waals surface area contributed by atoms with Gasteiger partial charge in [-0.15, -0.1) is 0 Å². The van der Waals surface area contributed by atoms with Gasteiger partial charge in [0.25, 0.3) is 0 Å². The minimum absolute atomic E-state index is 0.120. The fourth-order valence-corrected chi connectivity index (χ4v) is 1.51. The van der Waals surface area contributed by atoms with E-state index in [1.54, 1.807) is 6.92 Å². The van der Waals surface area contributed by atoms with E-state index in [-0.39, 0.29) is 17.2 Å². The molecular formula is C13H12ClFO3. The molecule has 0 aliphatic heterocycles. The van der Waals surface area contributed by atoms with Crippen molar-refractivity contribution in [2.45, 2.75) is 13.8 Å². The molecule has 0 unspecified atom stereocenters. The average Bonchev–Trinajstić information content (AvgIpc) is 2.27. The molecule has 1 aromatic carbocycles. The first-order valence-corrected chi connectivity index (χ1v) is 5.68. The van der Waals surface area contributed by atoms with Gasteiger partial charge in [0.1, 0.15) is 11.4 Å². The second kappa shape index (κ2) is 6.31. The van der Waals surface area contributed by atoms with Gasteiger partial charge in [-0.3, -0.25) is 4.79 Å². The van der Waals surface area contributed by atoms with Crippen LogP contribution in [0.3, 0.4) is 0 Å². The number of carbonyl (C=O) groups is 2. The number of benzene rings is 1. The molecule has 0 aliphatic carbocycles. The number of hydrogen-bond acceptors (Lipinski definition) is 3. The van der Waals surface area contributed by atoms with Crippen LogP contribution in [0, 0.1) is 5.82 Å². The third-order valence-corrected chi connectivity index (χ3v) is 2.46. The highest BCUT2D eigenvalue weighted by Gasteiger charge is 2.16. The summed E-state index contributed by atoms with van der Waals surface area (Å²) in [6, 6.07) is 3.69. The Balaban J connectivity index is 3.16. The molecule has 0 bridgehead atoms. The molecule has 0 amide bonds. The van der Waals surface area contributed by atoms with Gasteiger partial charge in [-0.25, -0.2) is 9.18 Å². The lowest BCUT2D eigenvalue weighted by atomic mass is 10.1. The summed E-state index contributed by atoms with van der Waals surface area (Å²) in [7, 11) is 0. The highest BCUT2D eigenvalue weighted by molar-refractivity contribution is 6.32. The molecule has 0 aromatic heterocycles. The monoisotopic (exact) mass is 270 g/mol. The van der Waals surface area contributed by atoms with E-state index in [0.717, 1.165) is 6.07 Å². The third kappa shape index (κ3) is 3.67. The summed E-state index contributed by atoms with van der Waals surface area (Å²) in [5.41, 5.74) is 0.265. The normalized spacial score (nSPS) is 11.2. The Morgan fingerprint density at radius 1 is 1.44 bits per heavy atom. The molecule has 0 atom stereocenters. The molecule has 96 valence electrons. The number of carbonyl (C=O) groups excluding carboxylic acids is 2. The van der Waals surface area contributed by atoms with Crippen LogP contribution in [0.1, 0.15) is 19.4 Å². The molecule has 0 heterocycles. The van der Waals surface area contributed by atoms with Crippen LogP contribution < -0.4 is 0 Å². The highest BCUT2D eigenvalue weighted by atomic mass is 35.5. The van der Waals surface area contributed by atoms with Crippen molar-refractivity contribution in [2.24, 2.45) is 0 Å². The number of ketones is 1. The zero-order chi connectivity index (χ0) is 13.7. The Morgan fingerprint density at radius 3 is 2.61 bits per heavy atom. The van der Waals surface area contributed by atoms with Gasteiger partial charge in [0.2, 0.25) is 0 Å². The standard InChI is InChI=1S/C13H12ClFO3/c1-3-18-13(17)11(8(2)16)6-9-4-5-10(15)7-12(9)14/h4-7H,3H2,1-2H3/b11-6+. The van der Waals surface area contributed by atoms with Crippen LogP contribution in [0.25, 0.3) is 6.08 Å². The topological polar surface area (TPSA) is 43.4 Å². The van der Waals surface area contributed by atoms with E-state index >= 15 is 0 Å². The van der Waals surface area contributed by atoms with Gasteiger partial charge in [0.15, 0.2) is 5.78 Å². The lowest BCUT2D eigenvalue weighted by Gasteiger charge is -2.04. The summed E-state index contributed by atoms with van der Waals surface area (Å²) in [4.78, 5) is 22.9. The SMILES string of the molecule is CCOC(=O)/C(=C/c1ccc(F)cc1Cl)C(C)=O. The van der Waals surface area contributed by atoms with E-state index in [4.69, 9.17) is 16.3 Å². The number of esters is 1. The largest absolute Gasteiger partial charge is 0.462 e. The maximum Gasteiger partial charge on any atom is 0.341 e. The minimum Gasteiger partial charge on any atom is -0.462 e. The molecule has 0 fully saturated rings. The number of hydrogen-bond donors (Lipinski definition) is 0. The van der Waals surface area contributed by atoms with Crippen LogP contribution >= 0.6 is 11.6 Å². The Kier molecular flexibility index (Phi) is 5.04. The lowest BCUT2D eigenvalue weighted by Crippen LogP contribution is -2.13. The Morgan fingerprint density at radius 2 is 2.11 bits per heavy atom. The van der Waals surface area contributed by atoms with Crippen molar-refractivity contribution in [2.75, 3.05) is 6.61 Å². The molecule has 0 saturated carbocycles. The highest BCUT2D eigenvalue weighted by Crippen LogP contribution is 2.20. The van der Waals surface area contributed by atoms with E-state index < -0.39 is 17.6 Å². The summed E-state index contributed by atoms with van der Waals surface area (Å²) in [5, 5.41) is 0.123. The number of Topliss-reactive ketones (excluding diaryl/α,β-unsaturated/α-hetero) is 1. The van der Waals surface area contributed by atoms with Gasteiger partial charge in [0, 0.05) is 0 Å². The van der Waals surface area contributed by atoms with Crippen LogP contribution in [0.5, 0.6) is 0 Å². The lowest BCUT2D eigenvalue weighted by molar-refractivity contribution is -0.139. The van der Waals surface area contributed by atoms with Crippen molar-refractivity contribution in [3.63, 3.8) is 0 Å². The van der Waals surface area contributed by atoms with Crippen LogP contribution in [0.4, 0.5) is 4.39 Å². The van der Waals surface area contributed by atoms with Crippen LogP contribution in [0.2, 0.25) is 5.02 Å². The number of ether oxygens (including phenoxy) is 1. The van der Waals surface area contributed by atoms with Crippen molar-refractivity contribution in [1.82, 2.24) is 0 Å².